The van der Waals surface area contributed by atoms with Crippen LogP contribution < -0.4 is 5.32 Å². The van der Waals surface area contributed by atoms with E-state index in [1.807, 2.05) is 48.7 Å². The highest BCUT2D eigenvalue weighted by molar-refractivity contribution is 6.07. The summed E-state index contributed by atoms with van der Waals surface area (Å²) in [4.78, 5) is 39.2. The van der Waals surface area contributed by atoms with E-state index in [9.17, 15) is 14.4 Å². The number of hydrogen-bond donors (Lipinski definition) is 1. The number of aromatic nitrogens is 1. The van der Waals surface area contributed by atoms with Gasteiger partial charge in [0, 0.05) is 47.5 Å². The van der Waals surface area contributed by atoms with Gasteiger partial charge in [-0.2, -0.15) is 0 Å². The normalized spacial score (nSPS) is 11.9. The van der Waals surface area contributed by atoms with Gasteiger partial charge in [0.1, 0.15) is 6.04 Å². The average molecular weight is 405 g/mol. The Morgan fingerprint density at radius 3 is 2.50 bits per heavy atom. The standard InChI is InChI=1S/C24H27N3O3/c1-6-26(5)24(30)18-12-11-15(2)21(13-18)25-23(29)16(3)27-14-20(17(4)28)19-9-7-8-10-22(19)27/h7-14,16H,6H2,1-5H3,(H,25,29). The lowest BCUT2D eigenvalue weighted by molar-refractivity contribution is -0.118. The first-order valence-electron chi connectivity index (χ1n) is 10.0. The minimum absolute atomic E-state index is 0.0420. The molecule has 0 spiro atoms. The van der Waals surface area contributed by atoms with Crippen LogP contribution in [-0.4, -0.2) is 40.7 Å². The quantitative estimate of drug-likeness (QED) is 0.616. The minimum atomic E-state index is -0.542. The van der Waals surface area contributed by atoms with Crippen LogP contribution in [0.15, 0.2) is 48.7 Å². The molecule has 1 N–H and O–H groups in total. The third-order valence-electron chi connectivity index (χ3n) is 5.48. The summed E-state index contributed by atoms with van der Waals surface area (Å²) < 4.78 is 1.82. The molecule has 1 atom stereocenters. The van der Waals surface area contributed by atoms with Crippen molar-refractivity contribution in [2.45, 2.75) is 33.7 Å². The zero-order chi connectivity index (χ0) is 22.0. The van der Waals surface area contributed by atoms with E-state index in [0.717, 1.165) is 16.5 Å². The fourth-order valence-electron chi connectivity index (χ4n) is 3.42. The van der Waals surface area contributed by atoms with Crippen LogP contribution in [0.2, 0.25) is 0 Å². The van der Waals surface area contributed by atoms with Gasteiger partial charge in [-0.1, -0.05) is 24.3 Å². The molecule has 0 fully saturated rings. The van der Waals surface area contributed by atoms with Crippen LogP contribution in [0.3, 0.4) is 0 Å². The number of Topliss-reactive ketones (excluding diaryl/α,β-unsaturated/α-hetero) is 1. The van der Waals surface area contributed by atoms with Gasteiger partial charge in [0.15, 0.2) is 5.78 Å². The summed E-state index contributed by atoms with van der Waals surface area (Å²) >= 11 is 0. The fourth-order valence-corrected chi connectivity index (χ4v) is 3.42. The zero-order valence-corrected chi connectivity index (χ0v) is 18.0. The number of para-hydroxylation sites is 1. The van der Waals surface area contributed by atoms with E-state index in [1.165, 1.54) is 6.92 Å². The van der Waals surface area contributed by atoms with Gasteiger partial charge in [-0.25, -0.2) is 0 Å². The molecule has 156 valence electrons. The lowest BCUT2D eigenvalue weighted by Crippen LogP contribution is -2.27. The summed E-state index contributed by atoms with van der Waals surface area (Å²) in [6.45, 7) is 7.71. The van der Waals surface area contributed by atoms with Gasteiger partial charge in [0.25, 0.3) is 5.91 Å². The number of carbonyl (C=O) groups is 3. The molecule has 0 radical (unpaired) electrons. The minimum Gasteiger partial charge on any atom is -0.342 e. The van der Waals surface area contributed by atoms with E-state index in [-0.39, 0.29) is 17.6 Å². The van der Waals surface area contributed by atoms with E-state index in [2.05, 4.69) is 5.32 Å². The van der Waals surface area contributed by atoms with Crippen molar-refractivity contribution >= 4 is 34.2 Å². The second kappa shape index (κ2) is 8.53. The number of carbonyl (C=O) groups excluding carboxylic acids is 3. The second-order valence-electron chi connectivity index (χ2n) is 7.54. The van der Waals surface area contributed by atoms with Crippen molar-refractivity contribution in [3.05, 3.63) is 65.4 Å². The Hall–Kier alpha value is -3.41. The number of ketones is 1. The molecule has 0 aliphatic carbocycles. The van der Waals surface area contributed by atoms with Gasteiger partial charge in [0.05, 0.1) is 0 Å². The van der Waals surface area contributed by atoms with Crippen molar-refractivity contribution in [2.75, 3.05) is 18.9 Å². The Morgan fingerprint density at radius 2 is 1.83 bits per heavy atom. The smallest absolute Gasteiger partial charge is 0.253 e. The molecule has 1 heterocycles. The summed E-state index contributed by atoms with van der Waals surface area (Å²) in [5, 5.41) is 3.78. The third-order valence-corrected chi connectivity index (χ3v) is 5.48. The topological polar surface area (TPSA) is 71.4 Å². The summed E-state index contributed by atoms with van der Waals surface area (Å²) in [6.07, 6.45) is 1.74. The molecule has 30 heavy (non-hydrogen) atoms. The van der Waals surface area contributed by atoms with Crippen molar-refractivity contribution in [1.82, 2.24) is 9.47 Å². The summed E-state index contributed by atoms with van der Waals surface area (Å²) in [5.41, 5.74) is 3.42. The number of fused-ring (bicyclic) bond motifs is 1. The number of aryl methyl sites for hydroxylation is 1. The first-order valence-corrected chi connectivity index (χ1v) is 10.0. The molecule has 3 aromatic rings. The first kappa shape index (κ1) is 21.3. The maximum atomic E-state index is 13.0. The van der Waals surface area contributed by atoms with Crippen LogP contribution in [0.1, 0.15) is 53.1 Å². The highest BCUT2D eigenvalue weighted by atomic mass is 16.2. The van der Waals surface area contributed by atoms with E-state index in [1.54, 1.807) is 37.2 Å². The number of benzene rings is 2. The lowest BCUT2D eigenvalue weighted by atomic mass is 10.1. The Kier molecular flexibility index (Phi) is 6.06. The van der Waals surface area contributed by atoms with Gasteiger partial charge in [-0.3, -0.25) is 14.4 Å². The molecule has 0 aliphatic rings. The fraction of sp³-hybridized carbons (Fsp3) is 0.292. The maximum Gasteiger partial charge on any atom is 0.253 e. The number of anilines is 1. The molecule has 2 amide bonds. The Bertz CT molecular complexity index is 1130. The summed E-state index contributed by atoms with van der Waals surface area (Å²) in [5.74, 6) is -0.356. The van der Waals surface area contributed by atoms with Crippen LogP contribution in [0.4, 0.5) is 5.69 Å². The molecule has 6 nitrogen and oxygen atoms in total. The molecular weight excluding hydrogens is 378 g/mol. The highest BCUT2D eigenvalue weighted by Crippen LogP contribution is 2.26. The predicted molar refractivity (Wildman–Crippen MR) is 119 cm³/mol. The molecule has 0 bridgehead atoms. The Labute approximate surface area is 176 Å². The van der Waals surface area contributed by atoms with E-state index < -0.39 is 6.04 Å². The second-order valence-corrected chi connectivity index (χ2v) is 7.54. The molecule has 3 rings (SSSR count). The van der Waals surface area contributed by atoms with Crippen molar-refractivity contribution in [3.8, 4) is 0 Å². The van der Waals surface area contributed by atoms with Crippen molar-refractivity contribution in [2.24, 2.45) is 0 Å². The Balaban J connectivity index is 1.91. The number of rotatable bonds is 6. The molecule has 6 heteroatoms. The van der Waals surface area contributed by atoms with Crippen LogP contribution >= 0.6 is 0 Å². The highest BCUT2D eigenvalue weighted by Gasteiger charge is 2.21. The summed E-state index contributed by atoms with van der Waals surface area (Å²) in [7, 11) is 1.74. The molecule has 1 aromatic heterocycles. The Morgan fingerprint density at radius 1 is 1.13 bits per heavy atom. The van der Waals surface area contributed by atoms with Crippen LogP contribution in [-0.2, 0) is 4.79 Å². The SMILES string of the molecule is CCN(C)C(=O)c1ccc(C)c(NC(=O)C(C)n2cc(C(C)=O)c3ccccc32)c1. The van der Waals surface area contributed by atoms with Gasteiger partial charge < -0.3 is 14.8 Å². The zero-order valence-electron chi connectivity index (χ0n) is 18.0. The van der Waals surface area contributed by atoms with E-state index in [4.69, 9.17) is 0 Å². The van der Waals surface area contributed by atoms with Gasteiger partial charge in [-0.05, 0) is 51.5 Å². The number of hydrogen-bond acceptors (Lipinski definition) is 3. The molecule has 0 saturated heterocycles. The monoisotopic (exact) mass is 405 g/mol. The van der Waals surface area contributed by atoms with Crippen LogP contribution in [0.25, 0.3) is 10.9 Å². The molecule has 0 saturated carbocycles. The van der Waals surface area contributed by atoms with E-state index in [0.29, 0.717) is 23.4 Å². The predicted octanol–water partition coefficient (Wildman–Crippen LogP) is 4.44. The molecule has 2 aromatic carbocycles. The summed E-state index contributed by atoms with van der Waals surface area (Å²) in [6, 6.07) is 12.3. The molecule has 0 aliphatic heterocycles. The lowest BCUT2D eigenvalue weighted by Gasteiger charge is -2.18. The van der Waals surface area contributed by atoms with Gasteiger partial charge in [-0.15, -0.1) is 0 Å². The van der Waals surface area contributed by atoms with Gasteiger partial charge in [0.2, 0.25) is 5.91 Å². The van der Waals surface area contributed by atoms with Crippen LogP contribution in [0, 0.1) is 6.92 Å². The van der Waals surface area contributed by atoms with Crippen molar-refractivity contribution in [3.63, 3.8) is 0 Å². The average Bonchev–Trinajstić information content (AvgIpc) is 3.13. The third kappa shape index (κ3) is 3.99. The van der Waals surface area contributed by atoms with Crippen molar-refractivity contribution in [1.29, 1.82) is 0 Å². The van der Waals surface area contributed by atoms with E-state index >= 15 is 0 Å². The van der Waals surface area contributed by atoms with Gasteiger partial charge >= 0.3 is 0 Å². The largest absolute Gasteiger partial charge is 0.342 e. The first-order chi connectivity index (χ1) is 14.2. The molecular formula is C24H27N3O3. The maximum absolute atomic E-state index is 13.0. The molecule has 1 unspecified atom stereocenters. The van der Waals surface area contributed by atoms with Crippen molar-refractivity contribution < 1.29 is 14.4 Å². The number of nitrogens with one attached hydrogen (secondary N) is 1. The number of nitrogens with zero attached hydrogens (tertiary/aromatic N) is 2. The number of amides is 2. The van der Waals surface area contributed by atoms with Crippen LogP contribution in [0.5, 0.6) is 0 Å².